The molecule has 0 fully saturated rings. The van der Waals surface area contributed by atoms with Crippen molar-refractivity contribution < 1.29 is 9.84 Å². The molecule has 0 unspecified atom stereocenters. The summed E-state index contributed by atoms with van der Waals surface area (Å²) >= 11 is 8.08. The number of rotatable bonds is 9. The molecule has 0 spiro atoms. The lowest BCUT2D eigenvalue weighted by Gasteiger charge is -2.24. The number of aliphatic hydroxyl groups excluding tert-OH is 1. The Morgan fingerprint density at radius 2 is 1.68 bits per heavy atom. The van der Waals surface area contributed by atoms with E-state index in [1.165, 1.54) is 10.3 Å². The van der Waals surface area contributed by atoms with Crippen LogP contribution in [0.4, 0.5) is 0 Å². The number of nitrogens with one attached hydrogen (secondary N) is 1. The summed E-state index contributed by atoms with van der Waals surface area (Å²) in [5, 5.41) is 13.1. The molecule has 2 aromatic heterocycles. The second-order valence-corrected chi connectivity index (χ2v) is 14.5. The Morgan fingerprint density at radius 1 is 0.925 bits per heavy atom. The van der Waals surface area contributed by atoms with E-state index in [-0.39, 0.29) is 16.8 Å². The third kappa shape index (κ3) is 6.65. The molecule has 0 saturated carbocycles. The van der Waals surface area contributed by atoms with E-state index < -0.39 is 0 Å². The fourth-order valence-corrected chi connectivity index (χ4v) is 6.22. The molecule has 0 radical (unpaired) electrons. The van der Waals surface area contributed by atoms with Gasteiger partial charge in [0.05, 0.1) is 11.2 Å². The number of aromatic amines is 1. The summed E-state index contributed by atoms with van der Waals surface area (Å²) in [6.07, 6.45) is 1.45. The second kappa shape index (κ2) is 11.5. The number of nitrogens with zero attached hydrogens (tertiary/aromatic N) is 1. The third-order valence-electron chi connectivity index (χ3n) is 6.87. The molecule has 0 atom stereocenters. The Bertz CT molecular complexity index is 1630. The fraction of sp³-hybridized carbons (Fsp3) is 0.324. The number of fused-ring (bicyclic) bond motifs is 2. The molecule has 4 nitrogen and oxygen atoms in total. The first kappa shape index (κ1) is 28.5. The van der Waals surface area contributed by atoms with Gasteiger partial charge in [0.25, 0.3) is 0 Å². The molecular formula is C34H37ClN2O2S. The summed E-state index contributed by atoms with van der Waals surface area (Å²) in [4.78, 5) is 9.76. The highest BCUT2D eigenvalue weighted by molar-refractivity contribution is 8.00. The third-order valence-corrected chi connectivity index (χ3v) is 8.39. The normalized spacial score (nSPS) is 12.4. The van der Waals surface area contributed by atoms with Crippen molar-refractivity contribution in [2.45, 2.75) is 63.7 Å². The number of benzene rings is 3. The lowest BCUT2D eigenvalue weighted by molar-refractivity contribution is 0.158. The van der Waals surface area contributed by atoms with Crippen molar-refractivity contribution >= 4 is 45.2 Å². The van der Waals surface area contributed by atoms with Crippen LogP contribution >= 0.6 is 23.4 Å². The molecular weight excluding hydrogens is 536 g/mol. The summed E-state index contributed by atoms with van der Waals surface area (Å²) in [5.74, 6) is 0.847. The molecule has 2 heterocycles. The van der Waals surface area contributed by atoms with Crippen LogP contribution in [-0.4, -0.2) is 26.4 Å². The van der Waals surface area contributed by atoms with Crippen molar-refractivity contribution in [3.05, 3.63) is 100 Å². The first-order valence-corrected chi connectivity index (χ1v) is 14.9. The van der Waals surface area contributed by atoms with Gasteiger partial charge in [-0.05, 0) is 53.8 Å². The molecule has 0 aliphatic heterocycles. The molecule has 3 aromatic carbocycles. The molecule has 2 N–H and O–H groups in total. The summed E-state index contributed by atoms with van der Waals surface area (Å²) in [6.45, 7) is 11.4. The number of halogens is 1. The number of para-hydroxylation sites is 1. The van der Waals surface area contributed by atoms with E-state index in [0.29, 0.717) is 13.0 Å². The first-order chi connectivity index (χ1) is 19.0. The zero-order valence-corrected chi connectivity index (χ0v) is 25.4. The smallest absolute Gasteiger partial charge is 0.130 e. The molecule has 5 rings (SSSR count). The van der Waals surface area contributed by atoms with Gasteiger partial charge in [-0.1, -0.05) is 82.6 Å². The van der Waals surface area contributed by atoms with E-state index in [0.717, 1.165) is 56.1 Å². The number of pyridine rings is 1. The average molecular weight is 573 g/mol. The zero-order chi connectivity index (χ0) is 28.5. The predicted molar refractivity (Wildman–Crippen MR) is 169 cm³/mol. The predicted octanol–water partition coefficient (Wildman–Crippen LogP) is 8.99. The van der Waals surface area contributed by atoms with Gasteiger partial charge in [0.1, 0.15) is 12.4 Å². The van der Waals surface area contributed by atoms with Crippen molar-refractivity contribution in [3.63, 3.8) is 0 Å². The van der Waals surface area contributed by atoms with E-state index in [9.17, 15) is 5.11 Å². The van der Waals surface area contributed by atoms with Gasteiger partial charge in [-0.2, -0.15) is 0 Å². The van der Waals surface area contributed by atoms with Gasteiger partial charge in [-0.3, -0.25) is 0 Å². The summed E-state index contributed by atoms with van der Waals surface area (Å²) in [7, 11) is 0. The number of hydrogen-bond donors (Lipinski definition) is 2. The standard InChI is InChI=1S/C34H37ClN2O2S/c1-33(2,3)40-32-29(19-34(4,5)21-38)37-28-16-17-30(26(31(28)32)18-22-10-13-24(35)14-11-22)39-20-25-15-12-23-8-6-7-9-27(23)36-25/h6-17,37-38H,18-21H2,1-5H3. The SMILES string of the molecule is CC(C)(CO)Cc1[nH]c2ccc(OCc3ccc4ccccc4n3)c(Cc3ccc(Cl)cc3)c2c1SC(C)(C)C. The minimum absolute atomic E-state index is 0.00332. The van der Waals surface area contributed by atoms with Crippen LogP contribution in [0.5, 0.6) is 5.75 Å². The van der Waals surface area contributed by atoms with Gasteiger partial charge >= 0.3 is 0 Å². The van der Waals surface area contributed by atoms with Gasteiger partial charge in [0.15, 0.2) is 0 Å². The molecule has 0 aliphatic rings. The quantitative estimate of drug-likeness (QED) is 0.173. The second-order valence-electron chi connectivity index (χ2n) is 12.2. The van der Waals surface area contributed by atoms with Crippen LogP contribution in [0.1, 0.15) is 57.1 Å². The van der Waals surface area contributed by atoms with Crippen molar-refractivity contribution in [2.75, 3.05) is 6.61 Å². The maximum atomic E-state index is 10.1. The van der Waals surface area contributed by atoms with Crippen LogP contribution in [-0.2, 0) is 19.4 Å². The van der Waals surface area contributed by atoms with Crippen molar-refractivity contribution in [2.24, 2.45) is 5.41 Å². The number of thioether (sulfide) groups is 1. The van der Waals surface area contributed by atoms with Crippen LogP contribution in [0.2, 0.25) is 5.02 Å². The van der Waals surface area contributed by atoms with Crippen LogP contribution < -0.4 is 4.74 Å². The molecule has 0 aliphatic carbocycles. The molecule has 5 aromatic rings. The maximum absolute atomic E-state index is 10.1. The molecule has 6 heteroatoms. The van der Waals surface area contributed by atoms with Crippen LogP contribution in [0.15, 0.2) is 77.7 Å². The number of hydrogen-bond acceptors (Lipinski definition) is 4. The highest BCUT2D eigenvalue weighted by Gasteiger charge is 2.27. The number of ether oxygens (including phenoxy) is 1. The molecule has 40 heavy (non-hydrogen) atoms. The Kier molecular flexibility index (Phi) is 8.19. The maximum Gasteiger partial charge on any atom is 0.130 e. The topological polar surface area (TPSA) is 58.1 Å². The Morgan fingerprint density at radius 3 is 2.40 bits per heavy atom. The number of H-pyrrole nitrogens is 1. The van der Waals surface area contributed by atoms with Gasteiger partial charge in [0.2, 0.25) is 0 Å². The van der Waals surface area contributed by atoms with Gasteiger partial charge in [-0.25, -0.2) is 4.98 Å². The minimum atomic E-state index is -0.245. The Hall–Kier alpha value is -2.99. The lowest BCUT2D eigenvalue weighted by atomic mass is 9.89. The van der Waals surface area contributed by atoms with Crippen molar-refractivity contribution in [3.8, 4) is 5.75 Å². The average Bonchev–Trinajstić information content (AvgIpc) is 3.24. The summed E-state index contributed by atoms with van der Waals surface area (Å²) < 4.78 is 6.54. The van der Waals surface area contributed by atoms with Crippen LogP contribution in [0.25, 0.3) is 21.8 Å². The molecule has 0 amide bonds. The van der Waals surface area contributed by atoms with Crippen molar-refractivity contribution in [1.82, 2.24) is 9.97 Å². The van der Waals surface area contributed by atoms with E-state index in [1.807, 2.05) is 48.2 Å². The zero-order valence-electron chi connectivity index (χ0n) is 23.8. The van der Waals surface area contributed by atoms with Crippen LogP contribution in [0.3, 0.4) is 0 Å². The summed E-state index contributed by atoms with van der Waals surface area (Å²) in [5.41, 5.74) is 6.14. The summed E-state index contributed by atoms with van der Waals surface area (Å²) in [6, 6.07) is 24.5. The molecule has 208 valence electrons. The van der Waals surface area contributed by atoms with E-state index in [4.69, 9.17) is 21.3 Å². The Labute approximate surface area is 246 Å². The highest BCUT2D eigenvalue weighted by Crippen LogP contribution is 2.45. The van der Waals surface area contributed by atoms with Gasteiger partial charge in [0, 0.05) is 55.2 Å². The van der Waals surface area contributed by atoms with Gasteiger partial charge < -0.3 is 14.8 Å². The van der Waals surface area contributed by atoms with E-state index >= 15 is 0 Å². The number of aliphatic hydroxyl groups is 1. The van der Waals surface area contributed by atoms with E-state index in [2.05, 4.69) is 76.0 Å². The van der Waals surface area contributed by atoms with Crippen molar-refractivity contribution in [1.29, 1.82) is 0 Å². The monoisotopic (exact) mass is 572 g/mol. The highest BCUT2D eigenvalue weighted by atomic mass is 35.5. The van der Waals surface area contributed by atoms with Gasteiger partial charge in [-0.15, -0.1) is 11.8 Å². The fourth-order valence-electron chi connectivity index (χ4n) is 4.90. The van der Waals surface area contributed by atoms with Crippen LogP contribution in [0, 0.1) is 5.41 Å². The minimum Gasteiger partial charge on any atom is -0.487 e. The number of aromatic nitrogens is 2. The lowest BCUT2D eigenvalue weighted by Crippen LogP contribution is -2.20. The Balaban J connectivity index is 1.62. The molecule has 0 bridgehead atoms. The molecule has 0 saturated heterocycles. The van der Waals surface area contributed by atoms with E-state index in [1.54, 1.807) is 0 Å². The first-order valence-electron chi connectivity index (χ1n) is 13.7. The largest absolute Gasteiger partial charge is 0.487 e.